The van der Waals surface area contributed by atoms with Crippen LogP contribution in [0.25, 0.3) is 0 Å². The predicted octanol–water partition coefficient (Wildman–Crippen LogP) is 2.19. The van der Waals surface area contributed by atoms with E-state index in [1.807, 2.05) is 6.92 Å². The number of carboxylic acids is 1. The number of rotatable bonds is 4. The quantitative estimate of drug-likeness (QED) is 0.566. The van der Waals surface area contributed by atoms with Crippen LogP contribution in [0.5, 0.6) is 0 Å². The second-order valence-electron chi connectivity index (χ2n) is 1.87. The average Bonchev–Trinajstić information content (AvgIpc) is 1.89. The third-order valence-corrected chi connectivity index (χ3v) is 1.61. The Kier molecular flexibility index (Phi) is 5.30. The second kappa shape index (κ2) is 5.47. The molecule has 58 valence electrons. The molecule has 0 aromatic heterocycles. The van der Waals surface area contributed by atoms with E-state index in [0.717, 1.165) is 11.8 Å². The van der Waals surface area contributed by atoms with Gasteiger partial charge in [-0.1, -0.05) is 28.9 Å². The molecule has 2 nitrogen and oxygen atoms in total. The number of alkyl halides is 1. The zero-order valence-corrected chi connectivity index (χ0v) is 7.52. The van der Waals surface area contributed by atoms with Crippen molar-refractivity contribution in [3.8, 4) is 0 Å². The number of allylic oxidation sites excluding steroid dienone is 1. The van der Waals surface area contributed by atoms with Gasteiger partial charge in [0.1, 0.15) is 0 Å². The minimum Gasteiger partial charge on any atom is -0.478 e. The van der Waals surface area contributed by atoms with E-state index in [2.05, 4.69) is 15.9 Å². The number of hydrogen-bond acceptors (Lipinski definition) is 1. The van der Waals surface area contributed by atoms with Gasteiger partial charge in [0.25, 0.3) is 0 Å². The zero-order chi connectivity index (χ0) is 7.98. The van der Waals surface area contributed by atoms with Crippen molar-refractivity contribution in [3.63, 3.8) is 0 Å². The van der Waals surface area contributed by atoms with Crippen molar-refractivity contribution >= 4 is 21.9 Å². The lowest BCUT2D eigenvalue weighted by Gasteiger charge is -1.94. The van der Waals surface area contributed by atoms with Crippen LogP contribution in [0.15, 0.2) is 11.6 Å². The van der Waals surface area contributed by atoms with Crippen LogP contribution in [0.4, 0.5) is 0 Å². The van der Waals surface area contributed by atoms with E-state index in [1.165, 1.54) is 0 Å². The summed E-state index contributed by atoms with van der Waals surface area (Å²) in [6, 6.07) is 0. The summed E-state index contributed by atoms with van der Waals surface area (Å²) in [7, 11) is 0. The lowest BCUT2D eigenvalue weighted by molar-refractivity contribution is -0.132. The van der Waals surface area contributed by atoms with Gasteiger partial charge in [-0.05, 0) is 12.8 Å². The monoisotopic (exact) mass is 206 g/mol. The zero-order valence-electron chi connectivity index (χ0n) is 5.93. The van der Waals surface area contributed by atoms with Crippen molar-refractivity contribution in [2.75, 3.05) is 5.33 Å². The Hall–Kier alpha value is -0.310. The molecule has 0 radical (unpaired) electrons. The maximum atomic E-state index is 10.4. The van der Waals surface area contributed by atoms with Gasteiger partial charge in [-0.25, -0.2) is 4.79 Å². The molecule has 10 heavy (non-hydrogen) atoms. The van der Waals surface area contributed by atoms with Gasteiger partial charge in [-0.2, -0.15) is 0 Å². The van der Waals surface area contributed by atoms with Gasteiger partial charge < -0.3 is 5.11 Å². The highest BCUT2D eigenvalue weighted by atomic mass is 79.9. The smallest absolute Gasteiger partial charge is 0.331 e. The number of carbonyl (C=O) groups is 1. The standard InChI is InChI=1S/C7H11BrO2/c1-2-6(7(9)10)4-3-5-8/h4H,2-3,5H2,1H3,(H,9,10). The van der Waals surface area contributed by atoms with Gasteiger partial charge in [0, 0.05) is 10.9 Å². The fourth-order valence-electron chi connectivity index (χ4n) is 0.612. The lowest BCUT2D eigenvalue weighted by atomic mass is 10.2. The summed E-state index contributed by atoms with van der Waals surface area (Å²) in [6.45, 7) is 1.84. The molecule has 0 spiro atoms. The average molecular weight is 207 g/mol. The fourth-order valence-corrected chi connectivity index (χ4v) is 0.841. The second-order valence-corrected chi connectivity index (χ2v) is 2.66. The van der Waals surface area contributed by atoms with E-state index in [9.17, 15) is 4.79 Å². The maximum absolute atomic E-state index is 10.4. The highest BCUT2D eigenvalue weighted by Crippen LogP contribution is 2.02. The molecule has 0 heterocycles. The molecule has 0 amide bonds. The van der Waals surface area contributed by atoms with Gasteiger partial charge in [0.05, 0.1) is 0 Å². The predicted molar refractivity (Wildman–Crippen MR) is 44.4 cm³/mol. The Morgan fingerprint density at radius 1 is 1.70 bits per heavy atom. The van der Waals surface area contributed by atoms with Crippen LogP contribution in [-0.4, -0.2) is 16.4 Å². The first-order valence-corrected chi connectivity index (χ1v) is 4.32. The molecule has 0 saturated heterocycles. The third kappa shape index (κ3) is 3.67. The first-order valence-electron chi connectivity index (χ1n) is 3.20. The Bertz CT molecular complexity index is 141. The van der Waals surface area contributed by atoms with E-state index in [0.29, 0.717) is 12.0 Å². The first kappa shape index (κ1) is 9.69. The molecule has 0 unspecified atom stereocenters. The number of aliphatic carboxylic acids is 1. The topological polar surface area (TPSA) is 37.3 Å². The van der Waals surface area contributed by atoms with E-state index in [1.54, 1.807) is 6.08 Å². The summed E-state index contributed by atoms with van der Waals surface area (Å²) in [4.78, 5) is 10.4. The Morgan fingerprint density at radius 3 is 2.60 bits per heavy atom. The highest BCUT2D eigenvalue weighted by molar-refractivity contribution is 9.09. The van der Waals surface area contributed by atoms with Crippen molar-refractivity contribution in [2.45, 2.75) is 19.8 Å². The molecule has 0 atom stereocenters. The molecule has 0 bridgehead atoms. The Balaban J connectivity index is 3.91. The number of hydrogen-bond donors (Lipinski definition) is 1. The molecule has 0 saturated carbocycles. The Morgan fingerprint density at radius 2 is 2.30 bits per heavy atom. The first-order chi connectivity index (χ1) is 4.72. The van der Waals surface area contributed by atoms with Crippen LogP contribution in [-0.2, 0) is 4.79 Å². The van der Waals surface area contributed by atoms with Crippen molar-refractivity contribution in [1.29, 1.82) is 0 Å². The van der Waals surface area contributed by atoms with Crippen molar-refractivity contribution in [3.05, 3.63) is 11.6 Å². The van der Waals surface area contributed by atoms with E-state index < -0.39 is 5.97 Å². The van der Waals surface area contributed by atoms with Crippen molar-refractivity contribution in [2.24, 2.45) is 0 Å². The summed E-state index contributed by atoms with van der Waals surface area (Å²) in [5.74, 6) is -0.802. The normalized spacial score (nSPS) is 11.6. The summed E-state index contributed by atoms with van der Waals surface area (Å²) in [5.41, 5.74) is 0.499. The van der Waals surface area contributed by atoms with Crippen LogP contribution < -0.4 is 0 Å². The van der Waals surface area contributed by atoms with E-state index in [4.69, 9.17) is 5.11 Å². The molecule has 0 aromatic rings. The number of carboxylic acid groups (broad SMARTS) is 1. The molecular weight excluding hydrogens is 196 g/mol. The SMILES string of the molecule is CCC(=CCCBr)C(=O)O. The molecule has 0 aliphatic carbocycles. The van der Waals surface area contributed by atoms with Gasteiger partial charge in [0.15, 0.2) is 0 Å². The van der Waals surface area contributed by atoms with Gasteiger partial charge >= 0.3 is 5.97 Å². The van der Waals surface area contributed by atoms with E-state index >= 15 is 0 Å². The molecule has 3 heteroatoms. The minimum absolute atomic E-state index is 0.499. The molecule has 0 aliphatic rings. The summed E-state index contributed by atoms with van der Waals surface area (Å²) in [5, 5.41) is 9.34. The maximum Gasteiger partial charge on any atom is 0.331 e. The lowest BCUT2D eigenvalue weighted by Crippen LogP contribution is -1.98. The Labute approximate surface area is 69.1 Å². The largest absolute Gasteiger partial charge is 0.478 e. The molecule has 0 aromatic carbocycles. The molecule has 0 rings (SSSR count). The van der Waals surface area contributed by atoms with Crippen LogP contribution in [0.2, 0.25) is 0 Å². The summed E-state index contributed by atoms with van der Waals surface area (Å²) >= 11 is 3.22. The van der Waals surface area contributed by atoms with E-state index in [-0.39, 0.29) is 0 Å². The molecular formula is C7H11BrO2. The number of halogens is 1. The van der Waals surface area contributed by atoms with Crippen LogP contribution in [0.1, 0.15) is 19.8 Å². The highest BCUT2D eigenvalue weighted by Gasteiger charge is 2.01. The van der Waals surface area contributed by atoms with Crippen LogP contribution >= 0.6 is 15.9 Å². The summed E-state index contributed by atoms with van der Waals surface area (Å²) < 4.78 is 0. The van der Waals surface area contributed by atoms with Crippen LogP contribution in [0.3, 0.4) is 0 Å². The fraction of sp³-hybridized carbons (Fsp3) is 0.571. The summed E-state index contributed by atoms with van der Waals surface area (Å²) in [6.07, 6.45) is 3.13. The molecule has 1 N–H and O–H groups in total. The molecule has 0 aliphatic heterocycles. The van der Waals surface area contributed by atoms with Crippen molar-refractivity contribution in [1.82, 2.24) is 0 Å². The van der Waals surface area contributed by atoms with Gasteiger partial charge in [0.2, 0.25) is 0 Å². The minimum atomic E-state index is -0.802. The third-order valence-electron chi connectivity index (χ3n) is 1.16. The van der Waals surface area contributed by atoms with Gasteiger partial charge in [-0.3, -0.25) is 0 Å². The molecule has 0 fully saturated rings. The van der Waals surface area contributed by atoms with Gasteiger partial charge in [-0.15, -0.1) is 0 Å². The van der Waals surface area contributed by atoms with Crippen molar-refractivity contribution < 1.29 is 9.90 Å². The van der Waals surface area contributed by atoms with Crippen LogP contribution in [0, 0.1) is 0 Å².